The molecule has 2 aromatic rings. The molecule has 0 aromatic heterocycles. The van der Waals surface area contributed by atoms with Crippen LogP contribution in [0.1, 0.15) is 18.4 Å². The average Bonchev–Trinajstić information content (AvgIpc) is 2.50. The third kappa shape index (κ3) is 3.24. The van der Waals surface area contributed by atoms with Crippen molar-refractivity contribution in [3.05, 3.63) is 60.2 Å². The summed E-state index contributed by atoms with van der Waals surface area (Å²) < 4.78 is 0. The smallest absolute Gasteiger partial charge is 0.00462 e. The number of benzene rings is 2. The number of rotatable bonds is 3. The SMILES string of the molecule is c1ccc(-c2ccc(CC3CCNCC3)cc2)cc1. The maximum absolute atomic E-state index is 3.43. The highest BCUT2D eigenvalue weighted by molar-refractivity contribution is 5.63. The Labute approximate surface area is 115 Å². The Hall–Kier alpha value is -1.60. The molecule has 0 radical (unpaired) electrons. The lowest BCUT2D eigenvalue weighted by Crippen LogP contribution is -2.28. The molecule has 0 atom stereocenters. The quantitative estimate of drug-likeness (QED) is 0.872. The molecule has 0 aliphatic carbocycles. The molecule has 0 spiro atoms. The largest absolute Gasteiger partial charge is 0.317 e. The van der Waals surface area contributed by atoms with Gasteiger partial charge >= 0.3 is 0 Å². The van der Waals surface area contributed by atoms with Gasteiger partial charge in [0.25, 0.3) is 0 Å². The van der Waals surface area contributed by atoms with Crippen LogP contribution in [0, 0.1) is 5.92 Å². The van der Waals surface area contributed by atoms with Gasteiger partial charge in [0.05, 0.1) is 0 Å². The molecule has 1 heteroatoms. The van der Waals surface area contributed by atoms with E-state index in [1.165, 1.54) is 49.0 Å². The molecule has 0 unspecified atom stereocenters. The summed E-state index contributed by atoms with van der Waals surface area (Å²) in [6.07, 6.45) is 3.87. The fourth-order valence-corrected chi connectivity index (χ4v) is 2.88. The van der Waals surface area contributed by atoms with Gasteiger partial charge in [-0.2, -0.15) is 0 Å². The van der Waals surface area contributed by atoms with Crippen molar-refractivity contribution in [3.8, 4) is 11.1 Å². The molecule has 1 aliphatic heterocycles. The van der Waals surface area contributed by atoms with Crippen LogP contribution in [0.25, 0.3) is 11.1 Å². The minimum Gasteiger partial charge on any atom is -0.317 e. The molecule has 2 aromatic carbocycles. The van der Waals surface area contributed by atoms with Gasteiger partial charge in [-0.1, -0.05) is 54.6 Å². The van der Waals surface area contributed by atoms with Crippen LogP contribution in [0.2, 0.25) is 0 Å². The van der Waals surface area contributed by atoms with E-state index in [1.807, 2.05) is 0 Å². The Bertz CT molecular complexity index is 495. The maximum Gasteiger partial charge on any atom is -0.00462 e. The molecule has 1 N–H and O–H groups in total. The van der Waals surface area contributed by atoms with Crippen molar-refractivity contribution in [2.45, 2.75) is 19.3 Å². The molecule has 0 amide bonds. The summed E-state index contributed by atoms with van der Waals surface area (Å²) in [6.45, 7) is 2.37. The van der Waals surface area contributed by atoms with Crippen LogP contribution in [0.15, 0.2) is 54.6 Å². The van der Waals surface area contributed by atoms with Crippen molar-refractivity contribution < 1.29 is 0 Å². The molecule has 1 aliphatic rings. The van der Waals surface area contributed by atoms with E-state index in [4.69, 9.17) is 0 Å². The van der Waals surface area contributed by atoms with Crippen molar-refractivity contribution >= 4 is 0 Å². The summed E-state index contributed by atoms with van der Waals surface area (Å²) in [6, 6.07) is 19.7. The first-order valence-electron chi connectivity index (χ1n) is 7.27. The third-order valence-corrected chi connectivity index (χ3v) is 4.04. The van der Waals surface area contributed by atoms with Gasteiger partial charge in [-0.05, 0) is 55.0 Å². The van der Waals surface area contributed by atoms with E-state index in [0.29, 0.717) is 0 Å². The first-order chi connectivity index (χ1) is 9.42. The standard InChI is InChI=1S/C18H21N/c1-2-4-17(5-3-1)18-8-6-15(7-9-18)14-16-10-12-19-13-11-16/h1-9,16,19H,10-14H2. The third-order valence-electron chi connectivity index (χ3n) is 4.04. The summed E-state index contributed by atoms with van der Waals surface area (Å²) in [5, 5.41) is 3.43. The molecule has 1 heterocycles. The molecule has 98 valence electrons. The Morgan fingerprint density at radius 2 is 1.42 bits per heavy atom. The molecule has 1 saturated heterocycles. The highest BCUT2D eigenvalue weighted by atomic mass is 14.9. The van der Waals surface area contributed by atoms with E-state index < -0.39 is 0 Å². The van der Waals surface area contributed by atoms with Crippen LogP contribution in [-0.2, 0) is 6.42 Å². The second kappa shape index (κ2) is 6.03. The second-order valence-corrected chi connectivity index (χ2v) is 5.46. The van der Waals surface area contributed by atoms with Crippen molar-refractivity contribution in [2.75, 3.05) is 13.1 Å². The van der Waals surface area contributed by atoms with Gasteiger partial charge < -0.3 is 5.32 Å². The average molecular weight is 251 g/mol. The minimum absolute atomic E-state index is 0.865. The van der Waals surface area contributed by atoms with Crippen molar-refractivity contribution in [1.29, 1.82) is 0 Å². The Morgan fingerprint density at radius 1 is 0.789 bits per heavy atom. The summed E-state index contributed by atoms with van der Waals surface area (Å²) in [5.74, 6) is 0.865. The lowest BCUT2D eigenvalue weighted by atomic mass is 9.90. The fraction of sp³-hybridized carbons (Fsp3) is 0.333. The highest BCUT2D eigenvalue weighted by Crippen LogP contribution is 2.22. The number of hydrogen-bond donors (Lipinski definition) is 1. The summed E-state index contributed by atoms with van der Waals surface area (Å²) in [5.41, 5.74) is 4.09. The predicted octanol–water partition coefficient (Wildman–Crippen LogP) is 3.90. The normalized spacial score (nSPS) is 16.4. The summed E-state index contributed by atoms with van der Waals surface area (Å²) in [7, 11) is 0. The van der Waals surface area contributed by atoms with E-state index in [0.717, 1.165) is 5.92 Å². The van der Waals surface area contributed by atoms with E-state index in [2.05, 4.69) is 59.9 Å². The second-order valence-electron chi connectivity index (χ2n) is 5.46. The van der Waals surface area contributed by atoms with E-state index in [-0.39, 0.29) is 0 Å². The van der Waals surface area contributed by atoms with Gasteiger partial charge in [-0.25, -0.2) is 0 Å². The van der Waals surface area contributed by atoms with Crippen LogP contribution >= 0.6 is 0 Å². The summed E-state index contributed by atoms with van der Waals surface area (Å²) >= 11 is 0. The van der Waals surface area contributed by atoms with Crippen LogP contribution in [-0.4, -0.2) is 13.1 Å². The zero-order valence-corrected chi connectivity index (χ0v) is 11.3. The van der Waals surface area contributed by atoms with Gasteiger partial charge in [0.15, 0.2) is 0 Å². The fourth-order valence-electron chi connectivity index (χ4n) is 2.88. The first-order valence-corrected chi connectivity index (χ1v) is 7.27. The van der Waals surface area contributed by atoms with Gasteiger partial charge in [0, 0.05) is 0 Å². The number of piperidine rings is 1. The van der Waals surface area contributed by atoms with E-state index in [9.17, 15) is 0 Å². The summed E-state index contributed by atoms with van der Waals surface area (Å²) in [4.78, 5) is 0. The number of hydrogen-bond acceptors (Lipinski definition) is 1. The van der Waals surface area contributed by atoms with Crippen molar-refractivity contribution in [1.82, 2.24) is 5.32 Å². The highest BCUT2D eigenvalue weighted by Gasteiger charge is 2.13. The zero-order valence-electron chi connectivity index (χ0n) is 11.3. The van der Waals surface area contributed by atoms with E-state index >= 15 is 0 Å². The van der Waals surface area contributed by atoms with Crippen LogP contribution in [0.4, 0.5) is 0 Å². The molecule has 3 rings (SSSR count). The zero-order chi connectivity index (χ0) is 12.9. The molecular weight excluding hydrogens is 230 g/mol. The Kier molecular flexibility index (Phi) is 3.95. The Balaban J connectivity index is 1.68. The molecule has 0 bridgehead atoms. The lowest BCUT2D eigenvalue weighted by molar-refractivity contribution is 0.372. The number of nitrogens with one attached hydrogen (secondary N) is 1. The van der Waals surface area contributed by atoms with Crippen LogP contribution < -0.4 is 5.32 Å². The lowest BCUT2D eigenvalue weighted by Gasteiger charge is -2.22. The minimum atomic E-state index is 0.865. The topological polar surface area (TPSA) is 12.0 Å². The molecule has 1 fully saturated rings. The van der Waals surface area contributed by atoms with Crippen molar-refractivity contribution in [2.24, 2.45) is 5.92 Å². The first kappa shape index (κ1) is 12.4. The van der Waals surface area contributed by atoms with Crippen LogP contribution in [0.3, 0.4) is 0 Å². The van der Waals surface area contributed by atoms with Gasteiger partial charge in [-0.3, -0.25) is 0 Å². The Morgan fingerprint density at radius 3 is 2.11 bits per heavy atom. The maximum atomic E-state index is 3.43. The molecule has 1 nitrogen and oxygen atoms in total. The molecular formula is C18H21N. The molecule has 0 saturated carbocycles. The molecule has 19 heavy (non-hydrogen) atoms. The van der Waals surface area contributed by atoms with Crippen molar-refractivity contribution in [3.63, 3.8) is 0 Å². The van der Waals surface area contributed by atoms with Gasteiger partial charge in [-0.15, -0.1) is 0 Å². The monoisotopic (exact) mass is 251 g/mol. The van der Waals surface area contributed by atoms with Gasteiger partial charge in [0.1, 0.15) is 0 Å². The van der Waals surface area contributed by atoms with Crippen LogP contribution in [0.5, 0.6) is 0 Å². The predicted molar refractivity (Wildman–Crippen MR) is 81.2 cm³/mol. The van der Waals surface area contributed by atoms with E-state index in [1.54, 1.807) is 0 Å². The van der Waals surface area contributed by atoms with Gasteiger partial charge in [0.2, 0.25) is 0 Å².